The van der Waals surface area contributed by atoms with E-state index in [2.05, 4.69) is 20.4 Å². The van der Waals surface area contributed by atoms with Crippen LogP contribution in [0.3, 0.4) is 0 Å². The first-order chi connectivity index (χ1) is 11.1. The van der Waals surface area contributed by atoms with Gasteiger partial charge in [0.05, 0.1) is 0 Å². The molecule has 2 heterocycles. The number of carbonyl (C=O) groups is 1. The zero-order valence-electron chi connectivity index (χ0n) is 11.9. The minimum Gasteiger partial charge on any atom is -0.433 e. The van der Waals surface area contributed by atoms with Gasteiger partial charge in [-0.15, -0.1) is 0 Å². The molecule has 2 aromatic heterocycles. The van der Waals surface area contributed by atoms with Crippen molar-refractivity contribution < 1.29 is 18.3 Å². The van der Waals surface area contributed by atoms with Gasteiger partial charge in [-0.1, -0.05) is 16.4 Å². The molecule has 0 atom stereocenters. The normalized spacial score (nSPS) is 10.6. The highest BCUT2D eigenvalue weighted by molar-refractivity contribution is 5.94. The van der Waals surface area contributed by atoms with Crippen molar-refractivity contribution in [1.82, 2.24) is 20.4 Å². The summed E-state index contributed by atoms with van der Waals surface area (Å²) in [4.78, 5) is 14.9. The lowest BCUT2D eigenvalue weighted by Crippen LogP contribution is -1.98. The molecule has 0 saturated carbocycles. The molecule has 3 rings (SSSR count). The van der Waals surface area contributed by atoms with Gasteiger partial charge < -0.3 is 4.74 Å². The van der Waals surface area contributed by atoms with Crippen LogP contribution in [0, 0.1) is 11.8 Å². The predicted octanol–water partition coefficient (Wildman–Crippen LogP) is 3.14. The molecule has 0 saturated heterocycles. The van der Waals surface area contributed by atoms with Crippen LogP contribution < -0.4 is 4.74 Å². The molecule has 3 aromatic rings. The van der Waals surface area contributed by atoms with Gasteiger partial charge in [-0.2, -0.15) is 4.39 Å². The van der Waals surface area contributed by atoms with Gasteiger partial charge >= 0.3 is 0 Å². The zero-order chi connectivity index (χ0) is 16.4. The Morgan fingerprint density at radius 3 is 2.78 bits per heavy atom. The van der Waals surface area contributed by atoms with Crippen LogP contribution in [0.4, 0.5) is 8.78 Å². The number of halogens is 2. The van der Waals surface area contributed by atoms with E-state index in [1.54, 1.807) is 6.07 Å². The van der Waals surface area contributed by atoms with E-state index in [1.165, 1.54) is 31.3 Å². The lowest BCUT2D eigenvalue weighted by atomic mass is 10.1. The first-order valence-electron chi connectivity index (χ1n) is 6.56. The fraction of sp³-hybridized carbons (Fsp3) is 0.0667. The Morgan fingerprint density at radius 1 is 1.26 bits per heavy atom. The molecular weight excluding hydrogens is 306 g/mol. The van der Waals surface area contributed by atoms with E-state index in [9.17, 15) is 13.6 Å². The summed E-state index contributed by atoms with van der Waals surface area (Å²) in [7, 11) is 0. The molecule has 0 aliphatic rings. The van der Waals surface area contributed by atoms with Crippen LogP contribution >= 0.6 is 0 Å². The molecule has 0 fully saturated rings. The van der Waals surface area contributed by atoms with Crippen LogP contribution in [0.5, 0.6) is 11.6 Å². The van der Waals surface area contributed by atoms with E-state index in [0.717, 1.165) is 6.07 Å². The SMILES string of the molecule is CC(=O)c1[nH]nnc1Oc1ccc(-c2cccnc2F)cc1F. The summed E-state index contributed by atoms with van der Waals surface area (Å²) < 4.78 is 33.1. The number of carbonyl (C=O) groups excluding carboxylic acids is 1. The average Bonchev–Trinajstić information content (AvgIpc) is 2.98. The van der Waals surface area contributed by atoms with Crippen LogP contribution in [0.25, 0.3) is 11.1 Å². The molecule has 0 bridgehead atoms. The van der Waals surface area contributed by atoms with Gasteiger partial charge in [0.2, 0.25) is 5.95 Å². The number of hydrogen-bond donors (Lipinski definition) is 1. The summed E-state index contributed by atoms with van der Waals surface area (Å²) in [5.74, 6) is -2.06. The Balaban J connectivity index is 1.93. The van der Waals surface area contributed by atoms with Crippen LogP contribution in [0.2, 0.25) is 0 Å². The van der Waals surface area contributed by atoms with E-state index >= 15 is 0 Å². The fourth-order valence-corrected chi connectivity index (χ4v) is 1.98. The van der Waals surface area contributed by atoms with Crippen molar-refractivity contribution >= 4 is 5.78 Å². The third-order valence-corrected chi connectivity index (χ3v) is 3.08. The molecule has 0 spiro atoms. The lowest BCUT2D eigenvalue weighted by Gasteiger charge is -2.07. The number of hydrogen-bond acceptors (Lipinski definition) is 5. The maximum Gasteiger partial charge on any atom is 0.269 e. The average molecular weight is 316 g/mol. The largest absolute Gasteiger partial charge is 0.433 e. The van der Waals surface area contributed by atoms with Crippen molar-refractivity contribution in [2.45, 2.75) is 6.92 Å². The van der Waals surface area contributed by atoms with Crippen LogP contribution in [0.15, 0.2) is 36.5 Å². The van der Waals surface area contributed by atoms with E-state index < -0.39 is 11.8 Å². The van der Waals surface area contributed by atoms with Crippen LogP contribution in [0.1, 0.15) is 17.4 Å². The van der Waals surface area contributed by atoms with Crippen molar-refractivity contribution in [3.63, 3.8) is 0 Å². The molecule has 116 valence electrons. The minimum absolute atomic E-state index is 0.0341. The van der Waals surface area contributed by atoms with Crippen molar-refractivity contribution in [3.8, 4) is 22.8 Å². The molecule has 1 N–H and O–H groups in total. The van der Waals surface area contributed by atoms with Gasteiger partial charge in [0.15, 0.2) is 23.0 Å². The number of Topliss-reactive ketones (excluding diaryl/α,β-unsaturated/α-hetero) is 1. The highest BCUT2D eigenvalue weighted by Crippen LogP contribution is 2.29. The predicted molar refractivity (Wildman–Crippen MR) is 76.1 cm³/mol. The molecule has 23 heavy (non-hydrogen) atoms. The standard InChI is InChI=1S/C15H10F2N4O2/c1-8(22)13-15(20-21-19-13)23-12-5-4-9(7-11(12)16)10-3-2-6-18-14(10)17/h2-7H,1H3,(H,19,20,21). The first kappa shape index (κ1) is 14.8. The number of nitrogens with zero attached hydrogens (tertiary/aromatic N) is 3. The number of pyridine rings is 1. The van der Waals surface area contributed by atoms with E-state index in [0.29, 0.717) is 5.56 Å². The number of ketones is 1. The number of benzene rings is 1. The van der Waals surface area contributed by atoms with E-state index in [-0.39, 0.29) is 28.7 Å². The summed E-state index contributed by atoms with van der Waals surface area (Å²) in [6, 6.07) is 6.95. The van der Waals surface area contributed by atoms with Crippen molar-refractivity contribution in [2.24, 2.45) is 0 Å². The summed E-state index contributed by atoms with van der Waals surface area (Å²) in [5, 5.41) is 9.40. The van der Waals surface area contributed by atoms with Crippen molar-refractivity contribution in [1.29, 1.82) is 0 Å². The summed E-state index contributed by atoms with van der Waals surface area (Å²) in [6.07, 6.45) is 1.31. The number of ether oxygens (including phenoxy) is 1. The number of aromatic nitrogens is 4. The summed E-state index contributed by atoms with van der Waals surface area (Å²) in [6.45, 7) is 1.30. The highest BCUT2D eigenvalue weighted by Gasteiger charge is 2.16. The molecule has 8 heteroatoms. The van der Waals surface area contributed by atoms with E-state index in [1.807, 2.05) is 0 Å². The van der Waals surface area contributed by atoms with Gasteiger partial charge in [0.1, 0.15) is 0 Å². The molecule has 0 aliphatic carbocycles. The van der Waals surface area contributed by atoms with Gasteiger partial charge in [-0.3, -0.25) is 9.89 Å². The zero-order valence-corrected chi connectivity index (χ0v) is 11.9. The van der Waals surface area contributed by atoms with Gasteiger partial charge in [-0.25, -0.2) is 9.37 Å². The molecular formula is C15H10F2N4O2. The molecule has 0 unspecified atom stereocenters. The Hall–Kier alpha value is -3.16. The minimum atomic E-state index is -0.733. The number of nitrogens with one attached hydrogen (secondary N) is 1. The Labute approximate surface area is 129 Å². The second-order valence-electron chi connectivity index (χ2n) is 4.64. The van der Waals surface area contributed by atoms with Crippen molar-refractivity contribution in [3.05, 3.63) is 54.0 Å². The maximum absolute atomic E-state index is 14.2. The Morgan fingerprint density at radius 2 is 2.09 bits per heavy atom. The maximum atomic E-state index is 14.2. The monoisotopic (exact) mass is 316 g/mol. The van der Waals surface area contributed by atoms with Gasteiger partial charge in [0.25, 0.3) is 5.88 Å². The smallest absolute Gasteiger partial charge is 0.269 e. The molecule has 1 aromatic carbocycles. The van der Waals surface area contributed by atoms with E-state index in [4.69, 9.17) is 4.74 Å². The summed E-state index contributed by atoms with van der Waals surface area (Å²) in [5.41, 5.74) is 0.517. The number of rotatable bonds is 4. The van der Waals surface area contributed by atoms with Gasteiger partial charge in [-0.05, 0) is 29.8 Å². The second-order valence-corrected chi connectivity index (χ2v) is 4.64. The van der Waals surface area contributed by atoms with Gasteiger partial charge in [0, 0.05) is 18.7 Å². The van der Waals surface area contributed by atoms with Crippen LogP contribution in [-0.4, -0.2) is 26.2 Å². The number of H-pyrrole nitrogens is 1. The number of aromatic amines is 1. The third kappa shape index (κ3) is 2.91. The fourth-order valence-electron chi connectivity index (χ4n) is 1.98. The lowest BCUT2D eigenvalue weighted by molar-refractivity contribution is 0.101. The first-order valence-corrected chi connectivity index (χ1v) is 6.56. The molecule has 0 amide bonds. The molecule has 6 nitrogen and oxygen atoms in total. The quantitative estimate of drug-likeness (QED) is 0.591. The van der Waals surface area contributed by atoms with Crippen LogP contribution in [-0.2, 0) is 0 Å². The third-order valence-electron chi connectivity index (χ3n) is 3.08. The molecule has 0 radical (unpaired) electrons. The second kappa shape index (κ2) is 5.91. The molecule has 0 aliphatic heterocycles. The Bertz CT molecular complexity index is 879. The topological polar surface area (TPSA) is 80.8 Å². The Kier molecular flexibility index (Phi) is 3.80. The van der Waals surface area contributed by atoms with Crippen molar-refractivity contribution in [2.75, 3.05) is 0 Å². The highest BCUT2D eigenvalue weighted by atomic mass is 19.1. The summed E-state index contributed by atoms with van der Waals surface area (Å²) >= 11 is 0.